The van der Waals surface area contributed by atoms with Gasteiger partial charge in [-0.05, 0) is 12.1 Å². The number of pyridine rings is 1. The number of halogens is 4. The van der Waals surface area contributed by atoms with Crippen LogP contribution in [0, 0.1) is 0 Å². The summed E-state index contributed by atoms with van der Waals surface area (Å²) in [6.07, 6.45) is -3.53. The smallest absolute Gasteiger partial charge is 0.417 e. The topological polar surface area (TPSA) is 50.2 Å². The zero-order chi connectivity index (χ0) is 14.9. The molecule has 1 heterocycles. The molecule has 0 atom stereocenters. The van der Waals surface area contributed by atoms with Crippen LogP contribution in [0.25, 0.3) is 11.3 Å². The van der Waals surface area contributed by atoms with Crippen molar-refractivity contribution in [2.24, 2.45) is 0 Å². The zero-order valence-corrected chi connectivity index (χ0v) is 10.5. The van der Waals surface area contributed by atoms with Crippen LogP contribution in [0.15, 0.2) is 36.5 Å². The molecule has 104 valence electrons. The van der Waals surface area contributed by atoms with Gasteiger partial charge in [0.15, 0.2) is 0 Å². The molecule has 0 saturated heterocycles. The van der Waals surface area contributed by atoms with Crippen molar-refractivity contribution < 1.29 is 23.1 Å². The van der Waals surface area contributed by atoms with Crippen LogP contribution in [0.1, 0.15) is 15.9 Å². The van der Waals surface area contributed by atoms with Gasteiger partial charge in [-0.25, -0.2) is 4.79 Å². The Morgan fingerprint density at radius 3 is 2.50 bits per heavy atom. The van der Waals surface area contributed by atoms with E-state index in [2.05, 4.69) is 4.98 Å². The molecule has 0 aliphatic heterocycles. The first-order valence-corrected chi connectivity index (χ1v) is 5.74. The lowest BCUT2D eigenvalue weighted by atomic mass is 10.0. The molecule has 3 nitrogen and oxygen atoms in total. The lowest BCUT2D eigenvalue weighted by Gasteiger charge is -2.12. The Morgan fingerprint density at radius 1 is 1.25 bits per heavy atom. The largest absolute Gasteiger partial charge is 0.478 e. The number of rotatable bonds is 2. The van der Waals surface area contributed by atoms with E-state index in [0.717, 1.165) is 18.3 Å². The molecular weight excluding hydrogens is 295 g/mol. The first kappa shape index (κ1) is 14.3. The Labute approximate surface area is 116 Å². The van der Waals surface area contributed by atoms with E-state index in [9.17, 15) is 18.0 Å². The number of carboxylic acids is 1. The summed E-state index contributed by atoms with van der Waals surface area (Å²) in [5.41, 5.74) is -1.47. The molecule has 0 aliphatic carbocycles. The van der Waals surface area contributed by atoms with E-state index in [1.54, 1.807) is 0 Å². The quantitative estimate of drug-likeness (QED) is 0.907. The minimum atomic E-state index is -4.55. The summed E-state index contributed by atoms with van der Waals surface area (Å²) in [5, 5.41) is 8.80. The maximum atomic E-state index is 12.9. The highest BCUT2D eigenvalue weighted by atomic mass is 35.5. The number of alkyl halides is 3. The number of nitrogens with zero attached hydrogens (tertiary/aromatic N) is 1. The average molecular weight is 302 g/mol. The maximum absolute atomic E-state index is 12.9. The number of benzene rings is 1. The van der Waals surface area contributed by atoms with Gasteiger partial charge in [-0.2, -0.15) is 13.2 Å². The standard InChI is InChI=1S/C13H7ClF3NO2/c14-10-6-18-11(5-8(10)12(19)20)7-3-1-2-4-9(7)13(15,16)17/h1-6H,(H,19,20). The predicted octanol–water partition coefficient (Wildman–Crippen LogP) is 4.12. The van der Waals surface area contributed by atoms with Crippen LogP contribution in [0.2, 0.25) is 5.02 Å². The fourth-order valence-electron chi connectivity index (χ4n) is 1.70. The zero-order valence-electron chi connectivity index (χ0n) is 9.78. The SMILES string of the molecule is O=C(O)c1cc(-c2ccccc2C(F)(F)F)ncc1Cl. The van der Waals surface area contributed by atoms with E-state index < -0.39 is 17.7 Å². The number of hydrogen-bond acceptors (Lipinski definition) is 2. The molecule has 0 spiro atoms. The number of carbonyl (C=O) groups is 1. The molecular formula is C13H7ClF3NO2. The Hall–Kier alpha value is -2.08. The lowest BCUT2D eigenvalue weighted by molar-refractivity contribution is -0.137. The molecule has 0 radical (unpaired) electrons. The van der Waals surface area contributed by atoms with E-state index >= 15 is 0 Å². The summed E-state index contributed by atoms with van der Waals surface area (Å²) >= 11 is 5.64. The second-order valence-corrected chi connectivity index (χ2v) is 4.31. The third-order valence-corrected chi connectivity index (χ3v) is 2.90. The molecule has 0 aliphatic rings. The van der Waals surface area contributed by atoms with Crippen LogP contribution < -0.4 is 0 Å². The van der Waals surface area contributed by atoms with Crippen LogP contribution in [0.5, 0.6) is 0 Å². The lowest BCUT2D eigenvalue weighted by Crippen LogP contribution is -2.08. The molecule has 7 heteroatoms. The fraction of sp³-hybridized carbons (Fsp3) is 0.0769. The molecule has 2 rings (SSSR count). The van der Waals surface area contributed by atoms with Crippen molar-refractivity contribution in [3.63, 3.8) is 0 Å². The van der Waals surface area contributed by atoms with E-state index in [0.29, 0.717) is 0 Å². The van der Waals surface area contributed by atoms with Crippen molar-refractivity contribution in [3.05, 3.63) is 52.7 Å². The van der Waals surface area contributed by atoms with Crippen molar-refractivity contribution >= 4 is 17.6 Å². The van der Waals surface area contributed by atoms with Gasteiger partial charge in [0.05, 0.1) is 21.8 Å². The van der Waals surface area contributed by atoms with E-state index in [4.69, 9.17) is 16.7 Å². The van der Waals surface area contributed by atoms with Gasteiger partial charge in [0.1, 0.15) is 0 Å². The maximum Gasteiger partial charge on any atom is 0.417 e. The summed E-state index contributed by atoms with van der Waals surface area (Å²) < 4.78 is 38.7. The Morgan fingerprint density at radius 2 is 1.90 bits per heavy atom. The highest BCUT2D eigenvalue weighted by molar-refractivity contribution is 6.33. The molecule has 0 amide bonds. The summed E-state index contributed by atoms with van der Waals surface area (Å²) in [6.45, 7) is 0. The highest BCUT2D eigenvalue weighted by Gasteiger charge is 2.33. The summed E-state index contributed by atoms with van der Waals surface area (Å²) in [6, 6.07) is 5.83. The van der Waals surface area contributed by atoms with Gasteiger partial charge < -0.3 is 5.11 Å². The van der Waals surface area contributed by atoms with Crippen LogP contribution in [-0.2, 0) is 6.18 Å². The third kappa shape index (κ3) is 2.75. The second kappa shape index (κ2) is 5.13. The molecule has 0 bridgehead atoms. The Bertz CT molecular complexity index is 671. The summed E-state index contributed by atoms with van der Waals surface area (Å²) in [5.74, 6) is -1.33. The van der Waals surface area contributed by atoms with Crippen LogP contribution in [0.3, 0.4) is 0 Å². The van der Waals surface area contributed by atoms with Gasteiger partial charge in [0.2, 0.25) is 0 Å². The first-order valence-electron chi connectivity index (χ1n) is 5.36. The van der Waals surface area contributed by atoms with Crippen molar-refractivity contribution in [1.29, 1.82) is 0 Å². The third-order valence-electron chi connectivity index (χ3n) is 2.59. The Kier molecular flexibility index (Phi) is 3.67. The van der Waals surface area contributed by atoms with Gasteiger partial charge in [-0.3, -0.25) is 4.98 Å². The minimum Gasteiger partial charge on any atom is -0.478 e. The average Bonchev–Trinajstić information content (AvgIpc) is 2.38. The van der Waals surface area contributed by atoms with E-state index in [1.165, 1.54) is 18.2 Å². The van der Waals surface area contributed by atoms with E-state index in [1.807, 2.05) is 0 Å². The molecule has 1 aromatic carbocycles. The first-order chi connectivity index (χ1) is 9.30. The van der Waals surface area contributed by atoms with Crippen molar-refractivity contribution in [3.8, 4) is 11.3 Å². The van der Waals surface area contributed by atoms with Gasteiger partial charge in [-0.15, -0.1) is 0 Å². The highest BCUT2D eigenvalue weighted by Crippen LogP contribution is 2.36. The predicted molar refractivity (Wildman–Crippen MR) is 66.6 cm³/mol. The van der Waals surface area contributed by atoms with Crippen LogP contribution in [0.4, 0.5) is 13.2 Å². The van der Waals surface area contributed by atoms with Gasteiger partial charge in [0.25, 0.3) is 0 Å². The molecule has 0 fully saturated rings. The van der Waals surface area contributed by atoms with Crippen LogP contribution >= 0.6 is 11.6 Å². The van der Waals surface area contributed by atoms with Crippen molar-refractivity contribution in [2.75, 3.05) is 0 Å². The normalized spacial score (nSPS) is 11.4. The van der Waals surface area contributed by atoms with Crippen molar-refractivity contribution in [1.82, 2.24) is 4.98 Å². The molecule has 20 heavy (non-hydrogen) atoms. The molecule has 2 aromatic rings. The van der Waals surface area contributed by atoms with Crippen molar-refractivity contribution in [2.45, 2.75) is 6.18 Å². The van der Waals surface area contributed by atoms with Crippen LogP contribution in [-0.4, -0.2) is 16.1 Å². The molecule has 1 aromatic heterocycles. The Balaban J connectivity index is 2.64. The van der Waals surface area contributed by atoms with Gasteiger partial charge >= 0.3 is 12.1 Å². The summed E-state index contributed by atoms with van der Waals surface area (Å²) in [4.78, 5) is 14.7. The summed E-state index contributed by atoms with van der Waals surface area (Å²) in [7, 11) is 0. The fourth-order valence-corrected chi connectivity index (χ4v) is 1.89. The molecule has 0 unspecified atom stereocenters. The van der Waals surface area contributed by atoms with E-state index in [-0.39, 0.29) is 21.8 Å². The second-order valence-electron chi connectivity index (χ2n) is 3.90. The monoisotopic (exact) mass is 301 g/mol. The number of aromatic nitrogens is 1. The minimum absolute atomic E-state index is 0.0975. The number of hydrogen-bond donors (Lipinski definition) is 1. The van der Waals surface area contributed by atoms with Gasteiger partial charge in [0, 0.05) is 11.8 Å². The van der Waals surface area contributed by atoms with Gasteiger partial charge in [-0.1, -0.05) is 29.8 Å². The number of carboxylic acid groups (broad SMARTS) is 1. The number of aromatic carboxylic acids is 1. The molecule has 1 N–H and O–H groups in total. The molecule has 0 saturated carbocycles.